The molecule has 1 N–H and O–H groups in total. The molecule has 2 fully saturated rings. The van der Waals surface area contributed by atoms with Gasteiger partial charge in [0.05, 0.1) is 13.0 Å². The molecule has 0 aliphatic carbocycles. The minimum atomic E-state index is -4.17. The van der Waals surface area contributed by atoms with Crippen LogP contribution in [0, 0.1) is 5.41 Å². The van der Waals surface area contributed by atoms with Gasteiger partial charge in [-0.05, 0) is 42.4 Å². The standard InChI is InChI=1S/C23H26F3NO/c24-23(25,26)13-18-6-8-19(9-7-18)15-27-20-10-11-21(27)22(14-20,16-28)12-17-4-2-1-3-5-17/h1-9,20-21,28H,10-16H2/t20-,21+,22-/m0/s1. The van der Waals surface area contributed by atoms with Gasteiger partial charge in [-0.15, -0.1) is 0 Å². The number of fused-ring (bicyclic) bond motifs is 2. The molecule has 0 spiro atoms. The van der Waals surface area contributed by atoms with E-state index < -0.39 is 12.6 Å². The monoisotopic (exact) mass is 389 g/mol. The third-order valence-corrected chi connectivity index (χ3v) is 6.50. The highest BCUT2D eigenvalue weighted by Crippen LogP contribution is 2.51. The number of rotatable bonds is 6. The predicted molar refractivity (Wildman–Crippen MR) is 103 cm³/mol. The average molecular weight is 389 g/mol. The second-order valence-corrected chi connectivity index (χ2v) is 8.41. The molecular weight excluding hydrogens is 363 g/mol. The summed E-state index contributed by atoms with van der Waals surface area (Å²) in [5.74, 6) is 0. The van der Waals surface area contributed by atoms with Crippen LogP contribution in [0.15, 0.2) is 54.6 Å². The van der Waals surface area contributed by atoms with E-state index in [2.05, 4.69) is 17.0 Å². The van der Waals surface area contributed by atoms with E-state index in [1.54, 1.807) is 12.1 Å². The van der Waals surface area contributed by atoms with Gasteiger partial charge in [-0.1, -0.05) is 54.6 Å². The van der Waals surface area contributed by atoms with Gasteiger partial charge in [-0.25, -0.2) is 0 Å². The molecule has 2 bridgehead atoms. The summed E-state index contributed by atoms with van der Waals surface area (Å²) >= 11 is 0. The fourth-order valence-electron chi connectivity index (χ4n) is 5.28. The van der Waals surface area contributed by atoms with E-state index >= 15 is 0 Å². The first-order valence-electron chi connectivity index (χ1n) is 9.94. The van der Waals surface area contributed by atoms with Crippen LogP contribution in [-0.4, -0.2) is 34.9 Å². The van der Waals surface area contributed by atoms with Crippen molar-refractivity contribution < 1.29 is 18.3 Å². The lowest BCUT2D eigenvalue weighted by Crippen LogP contribution is -2.41. The third-order valence-electron chi connectivity index (χ3n) is 6.50. The van der Waals surface area contributed by atoms with E-state index in [4.69, 9.17) is 0 Å². The molecule has 3 atom stereocenters. The molecule has 2 nitrogen and oxygen atoms in total. The smallest absolute Gasteiger partial charge is 0.393 e. The van der Waals surface area contributed by atoms with Gasteiger partial charge in [-0.2, -0.15) is 13.2 Å². The van der Waals surface area contributed by atoms with Gasteiger partial charge in [0.15, 0.2) is 0 Å². The molecular formula is C23H26F3NO. The maximum Gasteiger partial charge on any atom is 0.393 e. The third kappa shape index (κ3) is 3.96. The quantitative estimate of drug-likeness (QED) is 0.771. The zero-order valence-electron chi connectivity index (χ0n) is 15.8. The van der Waals surface area contributed by atoms with Crippen molar-refractivity contribution in [1.29, 1.82) is 0 Å². The Balaban J connectivity index is 1.47. The first kappa shape index (κ1) is 19.5. The van der Waals surface area contributed by atoms with Crippen LogP contribution in [0.4, 0.5) is 13.2 Å². The van der Waals surface area contributed by atoms with Gasteiger partial charge in [-0.3, -0.25) is 4.90 Å². The van der Waals surface area contributed by atoms with Crippen molar-refractivity contribution >= 4 is 0 Å². The molecule has 0 aromatic heterocycles. The molecule has 0 radical (unpaired) electrons. The molecule has 150 valence electrons. The topological polar surface area (TPSA) is 23.5 Å². The highest BCUT2D eigenvalue weighted by Gasteiger charge is 2.55. The van der Waals surface area contributed by atoms with Crippen molar-refractivity contribution in [3.8, 4) is 0 Å². The minimum Gasteiger partial charge on any atom is -0.396 e. The predicted octanol–water partition coefficient (Wildman–Crippen LogP) is 4.75. The van der Waals surface area contributed by atoms with Gasteiger partial charge in [0.25, 0.3) is 0 Å². The summed E-state index contributed by atoms with van der Waals surface area (Å²) in [5, 5.41) is 10.3. The van der Waals surface area contributed by atoms with E-state index in [-0.39, 0.29) is 12.0 Å². The maximum absolute atomic E-state index is 12.6. The molecule has 0 amide bonds. The lowest BCUT2D eigenvalue weighted by Gasteiger charge is -2.36. The first-order valence-corrected chi connectivity index (χ1v) is 9.94. The largest absolute Gasteiger partial charge is 0.396 e. The zero-order valence-corrected chi connectivity index (χ0v) is 15.8. The second-order valence-electron chi connectivity index (χ2n) is 8.41. The van der Waals surface area contributed by atoms with Crippen molar-refractivity contribution in [3.05, 3.63) is 71.3 Å². The molecule has 4 rings (SSSR count). The normalized spacial score (nSPS) is 27.4. The number of aliphatic hydroxyl groups is 1. The SMILES string of the molecule is OC[C@]1(Cc2ccccc2)C[C@@H]2CC[C@H]1N2Cc1ccc(CC(F)(F)F)cc1. The van der Waals surface area contributed by atoms with Crippen LogP contribution in [0.5, 0.6) is 0 Å². The van der Waals surface area contributed by atoms with Crippen molar-refractivity contribution in [2.75, 3.05) is 6.61 Å². The molecule has 2 saturated heterocycles. The molecule has 2 aromatic carbocycles. The number of hydrogen-bond donors (Lipinski definition) is 1. The number of hydrogen-bond acceptors (Lipinski definition) is 2. The van der Waals surface area contributed by atoms with Gasteiger partial charge in [0, 0.05) is 24.0 Å². The number of nitrogens with zero attached hydrogens (tertiary/aromatic N) is 1. The lowest BCUT2D eigenvalue weighted by molar-refractivity contribution is -0.127. The second kappa shape index (κ2) is 7.53. The highest BCUT2D eigenvalue weighted by atomic mass is 19.4. The maximum atomic E-state index is 12.6. The Morgan fingerprint density at radius 1 is 0.929 bits per heavy atom. The van der Waals surface area contributed by atoms with Gasteiger partial charge < -0.3 is 5.11 Å². The van der Waals surface area contributed by atoms with Crippen LogP contribution in [0.1, 0.15) is 36.0 Å². The Labute approximate surface area is 164 Å². The molecule has 2 heterocycles. The van der Waals surface area contributed by atoms with Crippen LogP contribution in [0.3, 0.4) is 0 Å². The van der Waals surface area contributed by atoms with Gasteiger partial charge in [0.1, 0.15) is 0 Å². The summed E-state index contributed by atoms with van der Waals surface area (Å²) < 4.78 is 37.7. The lowest BCUT2D eigenvalue weighted by atomic mass is 9.70. The Morgan fingerprint density at radius 2 is 1.61 bits per heavy atom. The van der Waals surface area contributed by atoms with Gasteiger partial charge >= 0.3 is 6.18 Å². The Hall–Kier alpha value is -1.85. The summed E-state index contributed by atoms with van der Waals surface area (Å²) in [6, 6.07) is 17.9. The summed E-state index contributed by atoms with van der Waals surface area (Å²) in [7, 11) is 0. The summed E-state index contributed by atoms with van der Waals surface area (Å²) in [6.07, 6.45) is -1.000. The van der Waals surface area contributed by atoms with E-state index in [0.717, 1.165) is 37.8 Å². The summed E-state index contributed by atoms with van der Waals surface area (Å²) in [6.45, 7) is 0.905. The number of benzene rings is 2. The van der Waals surface area contributed by atoms with Crippen molar-refractivity contribution in [1.82, 2.24) is 4.90 Å². The fourth-order valence-corrected chi connectivity index (χ4v) is 5.28. The molecule has 5 heteroatoms. The van der Waals surface area contributed by atoms with Gasteiger partial charge in [0.2, 0.25) is 0 Å². The Morgan fingerprint density at radius 3 is 2.25 bits per heavy atom. The molecule has 2 aliphatic rings. The molecule has 0 saturated carbocycles. The van der Waals surface area contributed by atoms with Crippen LogP contribution < -0.4 is 0 Å². The minimum absolute atomic E-state index is 0.125. The first-order chi connectivity index (χ1) is 13.4. The summed E-state index contributed by atoms with van der Waals surface area (Å²) in [4.78, 5) is 2.47. The van der Waals surface area contributed by atoms with E-state index in [1.165, 1.54) is 5.56 Å². The average Bonchev–Trinajstić information content (AvgIpc) is 3.18. The molecule has 28 heavy (non-hydrogen) atoms. The van der Waals surface area contributed by atoms with Crippen molar-refractivity contribution in [2.24, 2.45) is 5.41 Å². The Kier molecular flexibility index (Phi) is 5.23. The van der Waals surface area contributed by atoms with Crippen molar-refractivity contribution in [2.45, 2.75) is 56.9 Å². The van der Waals surface area contributed by atoms with Crippen LogP contribution in [0.25, 0.3) is 0 Å². The van der Waals surface area contributed by atoms with Crippen molar-refractivity contribution in [3.63, 3.8) is 0 Å². The molecule has 2 aliphatic heterocycles. The number of aliphatic hydroxyl groups excluding tert-OH is 1. The van der Waals surface area contributed by atoms with Crippen LogP contribution in [-0.2, 0) is 19.4 Å². The number of alkyl halides is 3. The van der Waals surface area contributed by atoms with Crippen LogP contribution >= 0.6 is 0 Å². The zero-order chi connectivity index (χ0) is 19.8. The Bertz CT molecular complexity index is 790. The number of halogens is 3. The van der Waals surface area contributed by atoms with E-state index in [9.17, 15) is 18.3 Å². The highest BCUT2D eigenvalue weighted by molar-refractivity contribution is 5.25. The summed E-state index contributed by atoms with van der Waals surface area (Å²) in [5.41, 5.74) is 2.46. The van der Waals surface area contributed by atoms with E-state index in [1.807, 2.05) is 30.3 Å². The molecule has 2 aromatic rings. The van der Waals surface area contributed by atoms with Crippen LogP contribution in [0.2, 0.25) is 0 Å². The van der Waals surface area contributed by atoms with E-state index in [0.29, 0.717) is 17.6 Å². The molecule has 0 unspecified atom stereocenters. The fraction of sp³-hybridized carbons (Fsp3) is 0.478.